The summed E-state index contributed by atoms with van der Waals surface area (Å²) in [6.07, 6.45) is 1.62. The van der Waals surface area contributed by atoms with Gasteiger partial charge in [0.25, 0.3) is 5.91 Å². The molecule has 0 aliphatic carbocycles. The molecule has 0 radical (unpaired) electrons. The minimum absolute atomic E-state index is 0.00177. The number of aryl methyl sites for hydroxylation is 2. The van der Waals surface area contributed by atoms with Gasteiger partial charge in [-0.3, -0.25) is 4.79 Å². The van der Waals surface area contributed by atoms with E-state index in [-0.39, 0.29) is 19.1 Å². The van der Waals surface area contributed by atoms with Crippen molar-refractivity contribution in [1.82, 2.24) is 5.32 Å². The van der Waals surface area contributed by atoms with E-state index in [9.17, 15) is 4.79 Å². The number of rotatable bonds is 6. The van der Waals surface area contributed by atoms with Gasteiger partial charge in [-0.2, -0.15) is 0 Å². The summed E-state index contributed by atoms with van der Waals surface area (Å²) in [7, 11) is 0. The van der Waals surface area contributed by atoms with Gasteiger partial charge in [0, 0.05) is 6.54 Å². The van der Waals surface area contributed by atoms with Crippen LogP contribution < -0.4 is 10.1 Å². The van der Waals surface area contributed by atoms with Gasteiger partial charge in [-0.05, 0) is 30.5 Å². The first-order chi connectivity index (χ1) is 8.58. The van der Waals surface area contributed by atoms with Gasteiger partial charge in [0.15, 0.2) is 6.61 Å². The van der Waals surface area contributed by atoms with Crippen molar-refractivity contribution in [2.24, 2.45) is 0 Å². The molecular formula is C14H19NO3. The fraction of sp³-hybridized carbons (Fsp3) is 0.357. The lowest BCUT2D eigenvalue weighted by atomic mass is 10.1. The molecule has 0 saturated heterocycles. The Morgan fingerprint density at radius 1 is 1.44 bits per heavy atom. The molecule has 0 bridgehead atoms. The van der Waals surface area contributed by atoms with Gasteiger partial charge in [-0.25, -0.2) is 0 Å². The third-order valence-electron chi connectivity index (χ3n) is 2.49. The number of hydrogen-bond acceptors (Lipinski definition) is 3. The number of aliphatic hydroxyl groups is 1. The van der Waals surface area contributed by atoms with Gasteiger partial charge in [-0.1, -0.05) is 18.2 Å². The van der Waals surface area contributed by atoms with Crippen molar-refractivity contribution in [1.29, 1.82) is 0 Å². The van der Waals surface area contributed by atoms with E-state index >= 15 is 0 Å². The van der Waals surface area contributed by atoms with Crippen molar-refractivity contribution >= 4 is 5.91 Å². The number of carbonyl (C=O) groups is 1. The SMILES string of the molecule is C=CCNC(=O)COc1c(C)cc(CO)cc1C. The van der Waals surface area contributed by atoms with Gasteiger partial charge in [-0.15, -0.1) is 6.58 Å². The molecule has 0 saturated carbocycles. The average molecular weight is 249 g/mol. The van der Waals surface area contributed by atoms with Crippen LogP contribution in [0.3, 0.4) is 0 Å². The van der Waals surface area contributed by atoms with Crippen molar-refractivity contribution in [2.75, 3.05) is 13.2 Å². The summed E-state index contributed by atoms with van der Waals surface area (Å²) in [5.41, 5.74) is 2.67. The number of nitrogens with one attached hydrogen (secondary N) is 1. The van der Waals surface area contributed by atoms with Gasteiger partial charge >= 0.3 is 0 Å². The van der Waals surface area contributed by atoms with E-state index in [0.717, 1.165) is 16.7 Å². The standard InChI is InChI=1S/C14H19NO3/c1-4-5-15-13(17)9-18-14-10(2)6-12(8-16)7-11(14)3/h4,6-7,16H,1,5,8-9H2,2-3H3,(H,15,17). The Morgan fingerprint density at radius 2 is 2.06 bits per heavy atom. The topological polar surface area (TPSA) is 58.6 Å². The molecule has 1 aromatic rings. The molecule has 1 amide bonds. The van der Waals surface area contributed by atoms with Crippen LogP contribution in [0.1, 0.15) is 16.7 Å². The zero-order chi connectivity index (χ0) is 13.5. The number of ether oxygens (including phenoxy) is 1. The number of carbonyl (C=O) groups excluding carboxylic acids is 1. The lowest BCUT2D eigenvalue weighted by Gasteiger charge is -2.13. The molecule has 18 heavy (non-hydrogen) atoms. The van der Waals surface area contributed by atoms with E-state index in [2.05, 4.69) is 11.9 Å². The monoisotopic (exact) mass is 249 g/mol. The summed E-state index contributed by atoms with van der Waals surface area (Å²) >= 11 is 0. The molecule has 0 heterocycles. The van der Waals surface area contributed by atoms with Crippen LogP contribution in [-0.4, -0.2) is 24.2 Å². The number of hydrogen-bond donors (Lipinski definition) is 2. The van der Waals surface area contributed by atoms with Crippen molar-refractivity contribution in [3.63, 3.8) is 0 Å². The van der Waals surface area contributed by atoms with Crippen LogP contribution in [0.4, 0.5) is 0 Å². The predicted octanol–water partition coefficient (Wildman–Crippen LogP) is 1.48. The van der Waals surface area contributed by atoms with E-state index in [0.29, 0.717) is 12.3 Å². The first kappa shape index (κ1) is 14.3. The minimum Gasteiger partial charge on any atom is -0.483 e. The third-order valence-corrected chi connectivity index (χ3v) is 2.49. The van der Waals surface area contributed by atoms with Crippen molar-refractivity contribution in [3.05, 3.63) is 41.5 Å². The Bertz CT molecular complexity index is 418. The van der Waals surface area contributed by atoms with Crippen LogP contribution in [0.25, 0.3) is 0 Å². The molecule has 98 valence electrons. The van der Waals surface area contributed by atoms with Crippen molar-refractivity contribution in [3.8, 4) is 5.75 Å². The van der Waals surface area contributed by atoms with E-state index in [1.807, 2.05) is 26.0 Å². The van der Waals surface area contributed by atoms with Crippen LogP contribution in [0.5, 0.6) is 5.75 Å². The Kier molecular flexibility index (Phi) is 5.39. The molecule has 0 fully saturated rings. The van der Waals surface area contributed by atoms with Crippen molar-refractivity contribution < 1.29 is 14.6 Å². The quantitative estimate of drug-likeness (QED) is 0.751. The number of aliphatic hydroxyl groups excluding tert-OH is 1. The predicted molar refractivity (Wildman–Crippen MR) is 70.5 cm³/mol. The lowest BCUT2D eigenvalue weighted by Crippen LogP contribution is -2.29. The lowest BCUT2D eigenvalue weighted by molar-refractivity contribution is -0.122. The Labute approximate surface area is 107 Å². The molecule has 0 aliphatic rings. The molecule has 0 aliphatic heterocycles. The van der Waals surface area contributed by atoms with E-state index < -0.39 is 0 Å². The first-order valence-electron chi connectivity index (χ1n) is 5.80. The van der Waals surface area contributed by atoms with E-state index in [1.54, 1.807) is 6.08 Å². The Balaban J connectivity index is 2.67. The first-order valence-corrected chi connectivity index (χ1v) is 5.80. The van der Waals surface area contributed by atoms with Gasteiger partial charge < -0.3 is 15.2 Å². The largest absolute Gasteiger partial charge is 0.483 e. The summed E-state index contributed by atoms with van der Waals surface area (Å²) in [6.45, 7) is 7.72. The highest BCUT2D eigenvalue weighted by atomic mass is 16.5. The molecule has 1 rings (SSSR count). The van der Waals surface area contributed by atoms with Gasteiger partial charge in [0.05, 0.1) is 6.61 Å². The second-order valence-electron chi connectivity index (χ2n) is 4.10. The smallest absolute Gasteiger partial charge is 0.258 e. The zero-order valence-corrected chi connectivity index (χ0v) is 10.8. The fourth-order valence-corrected chi connectivity index (χ4v) is 1.73. The zero-order valence-electron chi connectivity index (χ0n) is 10.8. The average Bonchev–Trinajstić information content (AvgIpc) is 2.34. The van der Waals surface area contributed by atoms with Crippen LogP contribution in [-0.2, 0) is 11.4 Å². The normalized spacial score (nSPS) is 9.94. The number of benzene rings is 1. The molecule has 4 nitrogen and oxygen atoms in total. The molecule has 0 atom stereocenters. The summed E-state index contributed by atoms with van der Waals surface area (Å²) in [5.74, 6) is 0.515. The Morgan fingerprint density at radius 3 is 2.56 bits per heavy atom. The summed E-state index contributed by atoms with van der Waals surface area (Å²) < 4.78 is 5.50. The summed E-state index contributed by atoms with van der Waals surface area (Å²) in [6, 6.07) is 3.70. The molecule has 0 unspecified atom stereocenters. The van der Waals surface area contributed by atoms with Crippen LogP contribution in [0.15, 0.2) is 24.8 Å². The second-order valence-corrected chi connectivity index (χ2v) is 4.10. The Hall–Kier alpha value is -1.81. The fourth-order valence-electron chi connectivity index (χ4n) is 1.73. The third kappa shape index (κ3) is 3.89. The van der Waals surface area contributed by atoms with E-state index in [4.69, 9.17) is 9.84 Å². The molecule has 4 heteroatoms. The molecule has 2 N–H and O–H groups in total. The number of amides is 1. The maximum absolute atomic E-state index is 11.4. The highest BCUT2D eigenvalue weighted by molar-refractivity contribution is 5.77. The maximum Gasteiger partial charge on any atom is 0.258 e. The summed E-state index contributed by atoms with van der Waals surface area (Å²) in [5, 5.41) is 11.7. The minimum atomic E-state index is -0.181. The second kappa shape index (κ2) is 6.81. The van der Waals surface area contributed by atoms with Gasteiger partial charge in [0.2, 0.25) is 0 Å². The highest BCUT2D eigenvalue weighted by Gasteiger charge is 2.08. The van der Waals surface area contributed by atoms with Crippen LogP contribution in [0, 0.1) is 13.8 Å². The molecular weight excluding hydrogens is 230 g/mol. The molecule has 0 aromatic heterocycles. The van der Waals surface area contributed by atoms with Crippen LogP contribution in [0.2, 0.25) is 0 Å². The summed E-state index contributed by atoms with van der Waals surface area (Å²) in [4.78, 5) is 11.4. The molecule has 1 aromatic carbocycles. The van der Waals surface area contributed by atoms with E-state index in [1.165, 1.54) is 0 Å². The molecule has 0 spiro atoms. The van der Waals surface area contributed by atoms with Gasteiger partial charge in [0.1, 0.15) is 5.75 Å². The highest BCUT2D eigenvalue weighted by Crippen LogP contribution is 2.24. The van der Waals surface area contributed by atoms with Crippen molar-refractivity contribution in [2.45, 2.75) is 20.5 Å². The maximum atomic E-state index is 11.4. The van der Waals surface area contributed by atoms with Crippen LogP contribution >= 0.6 is 0 Å².